The maximum absolute atomic E-state index is 11.5. The maximum atomic E-state index is 11.5. The average Bonchev–Trinajstić information content (AvgIpc) is 2.30. The molecule has 92 valence electrons. The van der Waals surface area contributed by atoms with Gasteiger partial charge in [0.05, 0.1) is 5.92 Å². The van der Waals surface area contributed by atoms with E-state index in [9.17, 15) is 9.90 Å². The summed E-state index contributed by atoms with van der Waals surface area (Å²) in [5.74, 6) is -0.925. The van der Waals surface area contributed by atoms with Crippen molar-refractivity contribution in [2.45, 2.75) is 18.8 Å². The van der Waals surface area contributed by atoms with Crippen LogP contribution in [0.2, 0.25) is 0 Å². The smallest absolute Gasteiger partial charge is 0.311 e. The Bertz CT molecular complexity index is 380. The number of carbonyl (C=O) groups is 1. The molecule has 4 nitrogen and oxygen atoms in total. The number of carboxylic acid groups (broad SMARTS) is 1. The highest BCUT2D eigenvalue weighted by molar-refractivity contribution is 5.76. The third-order valence-electron chi connectivity index (χ3n) is 3.46. The number of pyridine rings is 1. The monoisotopic (exact) mass is 234 g/mol. The number of carboxylic acids is 1. The normalized spacial score (nSPS) is 23.2. The highest BCUT2D eigenvalue weighted by Crippen LogP contribution is 2.31. The lowest BCUT2D eigenvalue weighted by molar-refractivity contribution is -0.140. The third kappa shape index (κ3) is 2.82. The van der Waals surface area contributed by atoms with Gasteiger partial charge in [-0.3, -0.25) is 9.78 Å². The fourth-order valence-corrected chi connectivity index (χ4v) is 2.67. The van der Waals surface area contributed by atoms with Gasteiger partial charge in [0.25, 0.3) is 0 Å². The molecule has 1 saturated heterocycles. The Morgan fingerprint density at radius 2 is 2.24 bits per heavy atom. The van der Waals surface area contributed by atoms with Crippen molar-refractivity contribution in [1.29, 1.82) is 0 Å². The van der Waals surface area contributed by atoms with E-state index in [4.69, 9.17) is 0 Å². The van der Waals surface area contributed by atoms with E-state index >= 15 is 0 Å². The molecular formula is C13H18N2O2. The van der Waals surface area contributed by atoms with Crippen LogP contribution in [0.3, 0.4) is 0 Å². The van der Waals surface area contributed by atoms with Gasteiger partial charge >= 0.3 is 5.97 Å². The molecular weight excluding hydrogens is 216 g/mol. The number of hydrogen-bond donors (Lipinski definition) is 1. The van der Waals surface area contributed by atoms with Crippen molar-refractivity contribution in [2.24, 2.45) is 5.92 Å². The van der Waals surface area contributed by atoms with Crippen molar-refractivity contribution in [1.82, 2.24) is 9.88 Å². The van der Waals surface area contributed by atoms with Gasteiger partial charge in [0, 0.05) is 18.9 Å². The number of nitrogens with zero attached hydrogens (tertiary/aromatic N) is 2. The van der Waals surface area contributed by atoms with E-state index in [1.54, 1.807) is 12.4 Å². The SMILES string of the molecule is CN1CCCC(C(C(=O)O)c2ccncc2)C1. The number of piperidine rings is 1. The van der Waals surface area contributed by atoms with Gasteiger partial charge in [-0.2, -0.15) is 0 Å². The first kappa shape index (κ1) is 12.0. The van der Waals surface area contributed by atoms with Gasteiger partial charge in [0.1, 0.15) is 0 Å². The summed E-state index contributed by atoms with van der Waals surface area (Å²) in [6.07, 6.45) is 5.40. The Morgan fingerprint density at radius 1 is 1.53 bits per heavy atom. The second kappa shape index (κ2) is 5.27. The molecule has 1 aliphatic rings. The molecule has 0 spiro atoms. The summed E-state index contributed by atoms with van der Waals surface area (Å²) < 4.78 is 0. The van der Waals surface area contributed by atoms with Crippen LogP contribution in [0.15, 0.2) is 24.5 Å². The first-order valence-electron chi connectivity index (χ1n) is 5.99. The van der Waals surface area contributed by atoms with E-state index in [0.29, 0.717) is 0 Å². The highest BCUT2D eigenvalue weighted by Gasteiger charge is 2.32. The van der Waals surface area contributed by atoms with E-state index in [1.807, 2.05) is 12.1 Å². The molecule has 1 fully saturated rings. The van der Waals surface area contributed by atoms with E-state index in [1.165, 1.54) is 0 Å². The Labute approximate surface area is 101 Å². The average molecular weight is 234 g/mol. The lowest BCUT2D eigenvalue weighted by Gasteiger charge is -2.33. The molecule has 2 heterocycles. The van der Waals surface area contributed by atoms with Crippen molar-refractivity contribution in [3.8, 4) is 0 Å². The Balaban J connectivity index is 2.20. The van der Waals surface area contributed by atoms with Crippen LogP contribution in [0, 0.1) is 5.92 Å². The fraction of sp³-hybridized carbons (Fsp3) is 0.538. The van der Waals surface area contributed by atoms with Crippen molar-refractivity contribution in [3.05, 3.63) is 30.1 Å². The lowest BCUT2D eigenvalue weighted by atomic mass is 9.81. The van der Waals surface area contributed by atoms with Crippen LogP contribution >= 0.6 is 0 Å². The Hall–Kier alpha value is -1.42. The molecule has 0 amide bonds. The minimum Gasteiger partial charge on any atom is -0.481 e. The zero-order valence-electron chi connectivity index (χ0n) is 10.0. The van der Waals surface area contributed by atoms with Crippen LogP contribution in [0.5, 0.6) is 0 Å². The maximum Gasteiger partial charge on any atom is 0.311 e. The minimum atomic E-state index is -0.725. The van der Waals surface area contributed by atoms with Crippen molar-refractivity contribution < 1.29 is 9.90 Å². The predicted octanol–water partition coefficient (Wildman–Crippen LogP) is 1.59. The predicted molar refractivity (Wildman–Crippen MR) is 64.8 cm³/mol. The summed E-state index contributed by atoms with van der Waals surface area (Å²) in [4.78, 5) is 17.6. The Kier molecular flexibility index (Phi) is 3.74. The van der Waals surface area contributed by atoms with E-state index in [-0.39, 0.29) is 5.92 Å². The molecule has 1 aromatic heterocycles. The van der Waals surface area contributed by atoms with Gasteiger partial charge in [-0.25, -0.2) is 0 Å². The molecule has 0 aromatic carbocycles. The first-order chi connectivity index (χ1) is 8.18. The third-order valence-corrected chi connectivity index (χ3v) is 3.46. The summed E-state index contributed by atoms with van der Waals surface area (Å²) in [7, 11) is 2.05. The van der Waals surface area contributed by atoms with Crippen molar-refractivity contribution in [3.63, 3.8) is 0 Å². The zero-order valence-corrected chi connectivity index (χ0v) is 10.0. The molecule has 1 aliphatic heterocycles. The van der Waals surface area contributed by atoms with Gasteiger partial charge < -0.3 is 10.0 Å². The van der Waals surface area contributed by atoms with Crippen LogP contribution in [-0.4, -0.2) is 41.1 Å². The molecule has 0 radical (unpaired) electrons. The van der Waals surface area contributed by atoms with Crippen LogP contribution < -0.4 is 0 Å². The van der Waals surface area contributed by atoms with Crippen molar-refractivity contribution in [2.75, 3.05) is 20.1 Å². The zero-order chi connectivity index (χ0) is 12.3. The van der Waals surface area contributed by atoms with Gasteiger partial charge in [-0.15, -0.1) is 0 Å². The van der Waals surface area contributed by atoms with E-state index in [2.05, 4.69) is 16.9 Å². The molecule has 17 heavy (non-hydrogen) atoms. The van der Waals surface area contributed by atoms with E-state index < -0.39 is 11.9 Å². The molecule has 2 atom stereocenters. The van der Waals surface area contributed by atoms with Crippen molar-refractivity contribution >= 4 is 5.97 Å². The topological polar surface area (TPSA) is 53.4 Å². The number of rotatable bonds is 3. The number of hydrogen-bond acceptors (Lipinski definition) is 3. The molecule has 0 aliphatic carbocycles. The van der Waals surface area contributed by atoms with Crippen LogP contribution in [0.25, 0.3) is 0 Å². The number of aromatic nitrogens is 1. The molecule has 4 heteroatoms. The van der Waals surface area contributed by atoms with Gasteiger partial charge in [0.15, 0.2) is 0 Å². The number of likely N-dealkylation sites (tertiary alicyclic amines) is 1. The molecule has 0 bridgehead atoms. The quantitative estimate of drug-likeness (QED) is 0.863. The number of aliphatic carboxylic acids is 1. The van der Waals surface area contributed by atoms with Gasteiger partial charge in [-0.1, -0.05) is 0 Å². The second-order valence-corrected chi connectivity index (χ2v) is 4.76. The van der Waals surface area contributed by atoms with E-state index in [0.717, 1.165) is 31.5 Å². The van der Waals surface area contributed by atoms with Gasteiger partial charge in [-0.05, 0) is 50.0 Å². The molecule has 1 aromatic rings. The second-order valence-electron chi connectivity index (χ2n) is 4.76. The largest absolute Gasteiger partial charge is 0.481 e. The summed E-state index contributed by atoms with van der Waals surface area (Å²) in [6, 6.07) is 3.63. The minimum absolute atomic E-state index is 0.202. The van der Waals surface area contributed by atoms with Crippen LogP contribution in [-0.2, 0) is 4.79 Å². The Morgan fingerprint density at radius 3 is 2.82 bits per heavy atom. The molecule has 2 rings (SSSR count). The summed E-state index contributed by atoms with van der Waals surface area (Å²) in [6.45, 7) is 1.93. The lowest BCUT2D eigenvalue weighted by Crippen LogP contribution is -2.37. The van der Waals surface area contributed by atoms with Gasteiger partial charge in [0.2, 0.25) is 0 Å². The fourth-order valence-electron chi connectivity index (χ4n) is 2.67. The molecule has 1 N–H and O–H groups in total. The molecule has 2 unspecified atom stereocenters. The summed E-state index contributed by atoms with van der Waals surface area (Å²) >= 11 is 0. The van der Waals surface area contributed by atoms with Crippen LogP contribution in [0.1, 0.15) is 24.3 Å². The standard InChI is InChI=1S/C13H18N2O2/c1-15-8-2-3-11(9-15)12(13(16)17)10-4-6-14-7-5-10/h4-7,11-12H,2-3,8-9H2,1H3,(H,16,17). The first-order valence-corrected chi connectivity index (χ1v) is 5.99. The molecule has 0 saturated carbocycles. The summed E-state index contributed by atoms with van der Waals surface area (Å²) in [5, 5.41) is 9.43. The van der Waals surface area contributed by atoms with Crippen LogP contribution in [0.4, 0.5) is 0 Å². The highest BCUT2D eigenvalue weighted by atomic mass is 16.4. The summed E-state index contributed by atoms with van der Waals surface area (Å²) in [5.41, 5.74) is 0.868.